The third kappa shape index (κ3) is 2.63. The van der Waals surface area contributed by atoms with E-state index < -0.39 is 6.10 Å². The second kappa shape index (κ2) is 4.82. The SMILES string of the molecule is O=C(Nc1ccccc1)[C@H]1O[C@H]1c1ccc(F)cc1. The average Bonchev–Trinajstić information content (AvgIpc) is 3.21. The van der Waals surface area contributed by atoms with Gasteiger partial charge in [0, 0.05) is 5.69 Å². The molecule has 0 unspecified atom stereocenters. The van der Waals surface area contributed by atoms with Crippen LogP contribution in [0.1, 0.15) is 11.7 Å². The van der Waals surface area contributed by atoms with Crippen LogP contribution in [0.4, 0.5) is 10.1 Å². The highest BCUT2D eigenvalue weighted by atomic mass is 19.1. The number of para-hydroxylation sites is 1. The number of ether oxygens (including phenoxy) is 1. The Morgan fingerprint density at radius 1 is 1.05 bits per heavy atom. The molecule has 96 valence electrons. The number of benzene rings is 2. The van der Waals surface area contributed by atoms with E-state index in [9.17, 15) is 9.18 Å². The molecule has 1 saturated heterocycles. The molecule has 19 heavy (non-hydrogen) atoms. The van der Waals surface area contributed by atoms with Crippen LogP contribution in [-0.2, 0) is 9.53 Å². The van der Waals surface area contributed by atoms with Crippen molar-refractivity contribution in [3.63, 3.8) is 0 Å². The van der Waals surface area contributed by atoms with Gasteiger partial charge in [-0.15, -0.1) is 0 Å². The predicted molar refractivity (Wildman–Crippen MR) is 69.1 cm³/mol. The van der Waals surface area contributed by atoms with Crippen LogP contribution < -0.4 is 5.32 Å². The quantitative estimate of drug-likeness (QED) is 0.859. The molecule has 1 aliphatic heterocycles. The van der Waals surface area contributed by atoms with Gasteiger partial charge in [-0.25, -0.2) is 4.39 Å². The molecule has 1 amide bonds. The first kappa shape index (κ1) is 11.9. The molecule has 2 atom stereocenters. The van der Waals surface area contributed by atoms with Gasteiger partial charge in [-0.1, -0.05) is 30.3 Å². The van der Waals surface area contributed by atoms with Crippen molar-refractivity contribution in [2.75, 3.05) is 5.32 Å². The molecule has 3 rings (SSSR count). The third-order valence-electron chi connectivity index (χ3n) is 2.99. The molecule has 0 bridgehead atoms. The number of epoxide rings is 1. The van der Waals surface area contributed by atoms with Gasteiger partial charge in [-0.05, 0) is 29.8 Å². The zero-order chi connectivity index (χ0) is 13.2. The monoisotopic (exact) mass is 257 g/mol. The van der Waals surface area contributed by atoms with E-state index in [-0.39, 0.29) is 17.8 Å². The first-order valence-corrected chi connectivity index (χ1v) is 6.01. The van der Waals surface area contributed by atoms with Gasteiger partial charge in [0.05, 0.1) is 0 Å². The number of amides is 1. The molecule has 0 radical (unpaired) electrons. The number of carbonyl (C=O) groups is 1. The maximum absolute atomic E-state index is 12.8. The van der Waals surface area contributed by atoms with Crippen molar-refractivity contribution in [2.45, 2.75) is 12.2 Å². The lowest BCUT2D eigenvalue weighted by Crippen LogP contribution is -2.18. The molecule has 4 heteroatoms. The number of carbonyl (C=O) groups excluding carboxylic acids is 1. The fraction of sp³-hybridized carbons (Fsp3) is 0.133. The molecular formula is C15H12FNO2. The zero-order valence-corrected chi connectivity index (χ0v) is 10.0. The van der Waals surface area contributed by atoms with Crippen molar-refractivity contribution >= 4 is 11.6 Å². The van der Waals surface area contributed by atoms with Crippen LogP contribution in [0, 0.1) is 5.82 Å². The highest BCUT2D eigenvalue weighted by Gasteiger charge is 2.46. The van der Waals surface area contributed by atoms with E-state index in [1.807, 2.05) is 30.3 Å². The number of nitrogens with one attached hydrogen (secondary N) is 1. The van der Waals surface area contributed by atoms with Gasteiger partial charge in [-0.3, -0.25) is 4.79 Å². The Labute approximate surface area is 110 Å². The molecule has 2 aromatic rings. The molecule has 1 fully saturated rings. The number of rotatable bonds is 3. The van der Waals surface area contributed by atoms with Gasteiger partial charge in [0.15, 0.2) is 6.10 Å². The molecular weight excluding hydrogens is 245 g/mol. The van der Waals surface area contributed by atoms with Crippen LogP contribution in [0.5, 0.6) is 0 Å². The van der Waals surface area contributed by atoms with E-state index in [1.54, 1.807) is 12.1 Å². The summed E-state index contributed by atoms with van der Waals surface area (Å²) in [6.07, 6.45) is -0.769. The van der Waals surface area contributed by atoms with E-state index in [2.05, 4.69) is 5.32 Å². The minimum atomic E-state index is -0.495. The van der Waals surface area contributed by atoms with Gasteiger partial charge in [0.2, 0.25) is 0 Å². The van der Waals surface area contributed by atoms with Crippen molar-refractivity contribution in [3.8, 4) is 0 Å². The molecule has 3 nitrogen and oxygen atoms in total. The van der Waals surface area contributed by atoms with Crippen molar-refractivity contribution in [3.05, 3.63) is 66.0 Å². The van der Waals surface area contributed by atoms with Crippen LogP contribution in [0.2, 0.25) is 0 Å². The van der Waals surface area contributed by atoms with Crippen molar-refractivity contribution in [1.29, 1.82) is 0 Å². The van der Waals surface area contributed by atoms with E-state index in [4.69, 9.17) is 4.74 Å². The predicted octanol–water partition coefficient (Wildman–Crippen LogP) is 2.90. The van der Waals surface area contributed by atoms with Gasteiger partial charge in [0.25, 0.3) is 5.91 Å². The highest BCUT2D eigenvalue weighted by Crippen LogP contribution is 2.39. The topological polar surface area (TPSA) is 41.6 Å². The molecule has 2 aromatic carbocycles. The summed E-state index contributed by atoms with van der Waals surface area (Å²) >= 11 is 0. The van der Waals surface area contributed by atoms with E-state index >= 15 is 0 Å². The molecule has 1 aliphatic rings. The summed E-state index contributed by atoms with van der Waals surface area (Å²) in [6, 6.07) is 15.2. The number of hydrogen-bond acceptors (Lipinski definition) is 2. The molecule has 0 spiro atoms. The van der Waals surface area contributed by atoms with Gasteiger partial charge in [-0.2, -0.15) is 0 Å². The Bertz CT molecular complexity index is 583. The van der Waals surface area contributed by atoms with Crippen LogP contribution >= 0.6 is 0 Å². The first-order valence-electron chi connectivity index (χ1n) is 6.01. The standard InChI is InChI=1S/C15H12FNO2/c16-11-8-6-10(7-9-11)13-14(19-13)15(18)17-12-4-2-1-3-5-12/h1-9,13-14H,(H,17,18)/t13-,14-/m0/s1. The van der Waals surface area contributed by atoms with E-state index in [0.29, 0.717) is 0 Å². The van der Waals surface area contributed by atoms with Crippen LogP contribution in [-0.4, -0.2) is 12.0 Å². The number of hydrogen-bond donors (Lipinski definition) is 1. The molecule has 1 N–H and O–H groups in total. The summed E-state index contributed by atoms with van der Waals surface area (Å²) in [5.74, 6) is -0.477. The number of anilines is 1. The summed E-state index contributed by atoms with van der Waals surface area (Å²) in [4.78, 5) is 11.9. The summed E-state index contributed by atoms with van der Waals surface area (Å²) in [7, 11) is 0. The van der Waals surface area contributed by atoms with Crippen LogP contribution in [0.3, 0.4) is 0 Å². The Kier molecular flexibility index (Phi) is 3.01. The number of halogens is 1. The maximum atomic E-state index is 12.8. The van der Waals surface area contributed by atoms with Crippen LogP contribution in [0.15, 0.2) is 54.6 Å². The Balaban J connectivity index is 1.63. The molecule has 0 saturated carbocycles. The van der Waals surface area contributed by atoms with Gasteiger partial charge in [0.1, 0.15) is 11.9 Å². The van der Waals surface area contributed by atoms with Crippen molar-refractivity contribution in [2.24, 2.45) is 0 Å². The second-order valence-electron chi connectivity index (χ2n) is 4.38. The highest BCUT2D eigenvalue weighted by molar-refractivity contribution is 5.96. The second-order valence-corrected chi connectivity index (χ2v) is 4.38. The largest absolute Gasteiger partial charge is 0.354 e. The molecule has 1 heterocycles. The summed E-state index contributed by atoms with van der Waals surface area (Å²) in [5.41, 5.74) is 1.55. The normalized spacial score (nSPS) is 20.9. The van der Waals surface area contributed by atoms with E-state index in [1.165, 1.54) is 12.1 Å². The lowest BCUT2D eigenvalue weighted by Gasteiger charge is -2.02. The van der Waals surface area contributed by atoms with E-state index in [0.717, 1.165) is 11.3 Å². The fourth-order valence-electron chi connectivity index (χ4n) is 1.95. The third-order valence-corrected chi connectivity index (χ3v) is 2.99. The Morgan fingerprint density at radius 2 is 1.74 bits per heavy atom. The van der Waals surface area contributed by atoms with Crippen molar-refractivity contribution < 1.29 is 13.9 Å². The summed E-state index contributed by atoms with van der Waals surface area (Å²) in [5, 5.41) is 2.78. The maximum Gasteiger partial charge on any atom is 0.256 e. The first-order chi connectivity index (χ1) is 9.24. The fourth-order valence-corrected chi connectivity index (χ4v) is 1.95. The minimum absolute atomic E-state index is 0.180. The molecule has 0 aliphatic carbocycles. The summed E-state index contributed by atoms with van der Waals surface area (Å²) in [6.45, 7) is 0. The lowest BCUT2D eigenvalue weighted by molar-refractivity contribution is -0.117. The molecule has 0 aromatic heterocycles. The smallest absolute Gasteiger partial charge is 0.256 e. The zero-order valence-electron chi connectivity index (χ0n) is 10.0. The van der Waals surface area contributed by atoms with Crippen molar-refractivity contribution in [1.82, 2.24) is 0 Å². The van der Waals surface area contributed by atoms with Gasteiger partial charge < -0.3 is 10.1 Å². The lowest BCUT2D eigenvalue weighted by atomic mass is 10.1. The summed E-state index contributed by atoms with van der Waals surface area (Å²) < 4.78 is 18.1. The van der Waals surface area contributed by atoms with Crippen LogP contribution in [0.25, 0.3) is 0 Å². The minimum Gasteiger partial charge on any atom is -0.354 e. The Morgan fingerprint density at radius 3 is 2.42 bits per heavy atom. The van der Waals surface area contributed by atoms with Gasteiger partial charge >= 0.3 is 0 Å². The average molecular weight is 257 g/mol. The Hall–Kier alpha value is -2.20.